The molecule has 0 saturated carbocycles. The van der Waals surface area contributed by atoms with Crippen LogP contribution in [0, 0.1) is 25.2 Å². The van der Waals surface area contributed by atoms with Crippen molar-refractivity contribution >= 4 is 0 Å². The lowest BCUT2D eigenvalue weighted by Gasteiger charge is -2.22. The fraction of sp³-hybridized carbons (Fsp3) is 0.318. The molecule has 0 fully saturated rings. The van der Waals surface area contributed by atoms with Crippen LogP contribution in [0.3, 0.4) is 0 Å². The lowest BCUT2D eigenvalue weighted by atomic mass is 10.0. The fourth-order valence-electron chi connectivity index (χ4n) is 3.34. The van der Waals surface area contributed by atoms with Gasteiger partial charge in [-0.1, -0.05) is 0 Å². The molecule has 0 unspecified atom stereocenters. The molecule has 0 atom stereocenters. The number of nitrogens with one attached hydrogen (secondary N) is 1. The number of aromatic amines is 1. The predicted molar refractivity (Wildman–Crippen MR) is 113 cm³/mol. The quantitative estimate of drug-likeness (QED) is 0.394. The molecule has 2 heterocycles. The topological polar surface area (TPSA) is 114 Å². The van der Waals surface area contributed by atoms with Crippen molar-refractivity contribution < 1.29 is 44.3 Å². The van der Waals surface area contributed by atoms with Gasteiger partial charge in [-0.3, -0.25) is 14.2 Å². The molecule has 1 N–H and O–H groups in total. The normalized spacial score (nSPS) is 12.2. The number of alkyl halides is 9. The van der Waals surface area contributed by atoms with Gasteiger partial charge in [-0.05, 0) is 26.0 Å². The highest BCUT2D eigenvalue weighted by Crippen LogP contribution is 2.46. The molecular formula is C22H14F9N5O3. The number of H-pyrrole nitrogens is 1. The largest absolute Gasteiger partial charge is 0.459 e. The molecule has 3 rings (SSSR count). The Bertz CT molecular complexity index is 1570. The lowest BCUT2D eigenvalue weighted by molar-refractivity contribution is -0.291. The van der Waals surface area contributed by atoms with E-state index in [0.29, 0.717) is 12.1 Å². The number of halogens is 9. The van der Waals surface area contributed by atoms with E-state index in [1.807, 2.05) is 0 Å². The maximum absolute atomic E-state index is 14.3. The van der Waals surface area contributed by atoms with Crippen molar-refractivity contribution in [2.45, 2.75) is 45.3 Å². The average molecular weight is 567 g/mol. The van der Waals surface area contributed by atoms with E-state index in [1.54, 1.807) is 0 Å². The Labute approximate surface area is 211 Å². The SMILES string of the molecule is Cc1nc(C(F)F)c(Cn2cnc(C(F)(F)C(F)(F)F)c(Oc3cc(C(F)F)cc(C#N)c3C)c2=O)c(=O)[nH]1. The van der Waals surface area contributed by atoms with Crippen molar-refractivity contribution in [3.05, 3.63) is 78.6 Å². The first kappa shape index (κ1) is 29.2. The van der Waals surface area contributed by atoms with E-state index in [1.165, 1.54) is 6.07 Å². The Balaban J connectivity index is 2.30. The van der Waals surface area contributed by atoms with Crippen LogP contribution in [-0.2, 0) is 12.5 Å². The molecule has 3 aromatic rings. The number of ether oxygens (including phenoxy) is 1. The minimum absolute atomic E-state index is 0.141. The second kappa shape index (κ2) is 10.4. The first-order valence-corrected chi connectivity index (χ1v) is 10.4. The predicted octanol–water partition coefficient (Wildman–Crippen LogP) is 5.19. The molecule has 2 aromatic heterocycles. The maximum atomic E-state index is 14.3. The highest BCUT2D eigenvalue weighted by molar-refractivity contribution is 5.51. The number of aromatic nitrogens is 4. The van der Waals surface area contributed by atoms with E-state index in [0.717, 1.165) is 13.8 Å². The molecule has 208 valence electrons. The molecule has 1 aromatic carbocycles. The van der Waals surface area contributed by atoms with Gasteiger partial charge in [0.1, 0.15) is 17.3 Å². The summed E-state index contributed by atoms with van der Waals surface area (Å²) >= 11 is 0. The molecule has 0 aliphatic rings. The van der Waals surface area contributed by atoms with Crippen molar-refractivity contribution in [2.24, 2.45) is 0 Å². The van der Waals surface area contributed by atoms with Gasteiger partial charge in [-0.25, -0.2) is 27.5 Å². The standard InChI is InChI=1S/C22H14F9N5O3/c1-8-11(5-32)3-10(17(23)24)4-13(8)39-15-16(21(27,28)22(29,30)31)33-7-36(20(15)38)6-12-14(18(25)26)34-9(2)35-19(12)37/h3-4,7,17-18H,6H2,1-2H3,(H,34,35,37). The van der Waals surface area contributed by atoms with Crippen LogP contribution < -0.4 is 15.9 Å². The molecule has 0 spiro atoms. The zero-order valence-corrected chi connectivity index (χ0v) is 19.5. The van der Waals surface area contributed by atoms with Gasteiger partial charge in [0.2, 0.25) is 5.75 Å². The summed E-state index contributed by atoms with van der Waals surface area (Å²) < 4.78 is 127. The second-order valence-electron chi connectivity index (χ2n) is 7.95. The van der Waals surface area contributed by atoms with Gasteiger partial charge in [-0.2, -0.15) is 27.2 Å². The Morgan fingerprint density at radius 2 is 1.72 bits per heavy atom. The van der Waals surface area contributed by atoms with Crippen molar-refractivity contribution in [3.8, 4) is 17.6 Å². The summed E-state index contributed by atoms with van der Waals surface area (Å²) in [7, 11) is 0. The molecule has 0 aliphatic heterocycles. The van der Waals surface area contributed by atoms with E-state index < -0.39 is 82.2 Å². The van der Waals surface area contributed by atoms with Crippen molar-refractivity contribution in [1.82, 2.24) is 19.5 Å². The van der Waals surface area contributed by atoms with Crippen molar-refractivity contribution in [2.75, 3.05) is 0 Å². The highest BCUT2D eigenvalue weighted by Gasteiger charge is 2.62. The van der Waals surface area contributed by atoms with E-state index in [4.69, 9.17) is 4.74 Å². The van der Waals surface area contributed by atoms with Gasteiger partial charge in [0, 0.05) is 11.1 Å². The second-order valence-corrected chi connectivity index (χ2v) is 7.95. The van der Waals surface area contributed by atoms with E-state index in [2.05, 4.69) is 15.0 Å². The number of benzene rings is 1. The zero-order chi connectivity index (χ0) is 29.4. The van der Waals surface area contributed by atoms with Crippen LogP contribution in [0.2, 0.25) is 0 Å². The Hall–Kier alpha value is -4.36. The van der Waals surface area contributed by atoms with E-state index in [-0.39, 0.29) is 22.3 Å². The lowest BCUT2D eigenvalue weighted by Crippen LogP contribution is -2.38. The molecular weight excluding hydrogens is 553 g/mol. The summed E-state index contributed by atoms with van der Waals surface area (Å²) in [6, 6.07) is 2.74. The third-order valence-electron chi connectivity index (χ3n) is 5.32. The minimum Gasteiger partial charge on any atom is -0.449 e. The van der Waals surface area contributed by atoms with Crippen LogP contribution in [0.1, 0.15) is 52.3 Å². The molecule has 17 heteroatoms. The number of nitrogens with zero attached hydrogens (tertiary/aromatic N) is 4. The maximum Gasteiger partial charge on any atom is 0.459 e. The van der Waals surface area contributed by atoms with Crippen molar-refractivity contribution in [3.63, 3.8) is 0 Å². The third-order valence-corrected chi connectivity index (χ3v) is 5.32. The summed E-state index contributed by atoms with van der Waals surface area (Å²) in [5, 5.41) is 9.19. The van der Waals surface area contributed by atoms with Crippen LogP contribution in [0.25, 0.3) is 0 Å². The van der Waals surface area contributed by atoms with Crippen LogP contribution >= 0.6 is 0 Å². The van der Waals surface area contributed by atoms with Gasteiger partial charge in [0.25, 0.3) is 24.0 Å². The van der Waals surface area contributed by atoms with Crippen LogP contribution in [-0.4, -0.2) is 25.7 Å². The van der Waals surface area contributed by atoms with Gasteiger partial charge >= 0.3 is 12.1 Å². The van der Waals surface area contributed by atoms with Crippen LogP contribution in [0.5, 0.6) is 11.5 Å². The Kier molecular flexibility index (Phi) is 7.80. The van der Waals surface area contributed by atoms with Gasteiger partial charge in [-0.15, -0.1) is 0 Å². The van der Waals surface area contributed by atoms with E-state index >= 15 is 0 Å². The van der Waals surface area contributed by atoms with Crippen LogP contribution in [0.4, 0.5) is 39.5 Å². The summed E-state index contributed by atoms with van der Waals surface area (Å²) in [5.74, 6) is -8.72. The molecule has 0 bridgehead atoms. The van der Waals surface area contributed by atoms with Crippen LogP contribution in [0.15, 0.2) is 28.0 Å². The number of rotatable bonds is 7. The molecule has 0 amide bonds. The minimum atomic E-state index is -6.31. The third kappa shape index (κ3) is 5.59. The summed E-state index contributed by atoms with van der Waals surface area (Å²) in [6.07, 6.45) is -12.8. The smallest absolute Gasteiger partial charge is 0.449 e. The Morgan fingerprint density at radius 3 is 2.26 bits per heavy atom. The number of aryl methyl sites for hydroxylation is 1. The van der Waals surface area contributed by atoms with Gasteiger partial charge in [0.15, 0.2) is 5.69 Å². The number of nitriles is 1. The summed E-state index contributed by atoms with van der Waals surface area (Å²) in [4.78, 5) is 33.8. The molecule has 0 aliphatic carbocycles. The van der Waals surface area contributed by atoms with Gasteiger partial charge in [0.05, 0.1) is 30.1 Å². The average Bonchev–Trinajstić information content (AvgIpc) is 2.82. The summed E-state index contributed by atoms with van der Waals surface area (Å²) in [5.41, 5.74) is -8.88. The molecule has 0 radical (unpaired) electrons. The first-order chi connectivity index (χ1) is 18.0. The van der Waals surface area contributed by atoms with Crippen molar-refractivity contribution in [1.29, 1.82) is 5.26 Å². The molecule has 0 saturated heterocycles. The Morgan fingerprint density at radius 1 is 1.08 bits per heavy atom. The zero-order valence-electron chi connectivity index (χ0n) is 19.5. The first-order valence-electron chi connectivity index (χ1n) is 10.4. The molecule has 39 heavy (non-hydrogen) atoms. The van der Waals surface area contributed by atoms with E-state index in [9.17, 15) is 54.4 Å². The fourth-order valence-corrected chi connectivity index (χ4v) is 3.34. The summed E-state index contributed by atoms with van der Waals surface area (Å²) in [6.45, 7) is 1.12. The van der Waals surface area contributed by atoms with Gasteiger partial charge < -0.3 is 9.72 Å². The number of hydrogen-bond donors (Lipinski definition) is 1. The molecule has 8 nitrogen and oxygen atoms in total. The monoisotopic (exact) mass is 567 g/mol. The number of hydrogen-bond acceptors (Lipinski definition) is 6. The highest BCUT2D eigenvalue weighted by atomic mass is 19.4.